The Labute approximate surface area is 154 Å². The summed E-state index contributed by atoms with van der Waals surface area (Å²) in [6.45, 7) is 2.03. The second-order valence-corrected chi connectivity index (χ2v) is 8.84. The van der Waals surface area contributed by atoms with Crippen LogP contribution >= 0.6 is 0 Å². The molecule has 1 heterocycles. The van der Waals surface area contributed by atoms with E-state index in [1.54, 1.807) is 29.2 Å². The Morgan fingerprint density at radius 2 is 1.96 bits per heavy atom. The first kappa shape index (κ1) is 18.5. The molecule has 138 valence electrons. The van der Waals surface area contributed by atoms with Crippen LogP contribution in [0, 0.1) is 0 Å². The minimum atomic E-state index is -3.64. The summed E-state index contributed by atoms with van der Waals surface area (Å²) in [4.78, 5) is 14.6. The first-order valence-corrected chi connectivity index (χ1v) is 10.4. The van der Waals surface area contributed by atoms with Crippen LogP contribution in [0.15, 0.2) is 48.5 Å². The molecule has 0 spiro atoms. The van der Waals surface area contributed by atoms with Crippen molar-refractivity contribution in [3.05, 3.63) is 59.7 Å². The van der Waals surface area contributed by atoms with Gasteiger partial charge in [0.15, 0.2) is 9.84 Å². The number of para-hydroxylation sites is 1. The third kappa shape index (κ3) is 3.75. The maximum absolute atomic E-state index is 12.9. The summed E-state index contributed by atoms with van der Waals surface area (Å²) in [6.07, 6.45) is 1.75. The Morgan fingerprint density at radius 1 is 1.19 bits per heavy atom. The smallest absolute Gasteiger partial charge is 0.245 e. The van der Waals surface area contributed by atoms with Crippen molar-refractivity contribution in [3.63, 3.8) is 0 Å². The Bertz CT molecular complexity index is 908. The second kappa shape index (κ2) is 7.50. The third-order valence-corrected chi connectivity index (χ3v) is 6.78. The van der Waals surface area contributed by atoms with Crippen LogP contribution in [0.2, 0.25) is 0 Å². The molecule has 1 unspecified atom stereocenters. The van der Waals surface area contributed by atoms with Crippen LogP contribution < -0.4 is 9.64 Å². The van der Waals surface area contributed by atoms with E-state index in [0.29, 0.717) is 17.9 Å². The van der Waals surface area contributed by atoms with Gasteiger partial charge in [-0.15, -0.1) is 0 Å². The molecule has 26 heavy (non-hydrogen) atoms. The molecular weight excluding hydrogens is 350 g/mol. The van der Waals surface area contributed by atoms with E-state index in [1.807, 2.05) is 24.3 Å². The summed E-state index contributed by atoms with van der Waals surface area (Å²) < 4.78 is 30.8. The molecule has 0 fully saturated rings. The number of aryl methyl sites for hydroxylation is 1. The molecule has 2 aromatic carbocycles. The standard InChI is InChI=1S/C20H23NO4S/c1-15(26(23,24)14-16-7-5-10-18(13-16)25-2)20(22)21-12-6-9-17-8-3-4-11-19(17)21/h3-5,7-8,10-11,13,15H,6,9,12,14H2,1-2H3. The zero-order valence-electron chi connectivity index (χ0n) is 15.0. The number of carbonyl (C=O) groups excluding carboxylic acids is 1. The highest BCUT2D eigenvalue weighted by Gasteiger charge is 2.34. The van der Waals surface area contributed by atoms with Gasteiger partial charge in [-0.3, -0.25) is 4.79 Å². The SMILES string of the molecule is COc1cccc(CS(=O)(=O)C(C)C(=O)N2CCCc3ccccc32)c1. The van der Waals surface area contributed by atoms with Gasteiger partial charge in [0.05, 0.1) is 12.9 Å². The summed E-state index contributed by atoms with van der Waals surface area (Å²) in [5.41, 5.74) is 2.53. The molecule has 0 aliphatic carbocycles. The predicted octanol–water partition coefficient (Wildman–Crippen LogP) is 2.98. The van der Waals surface area contributed by atoms with Crippen LogP contribution in [0.5, 0.6) is 5.75 Å². The lowest BCUT2D eigenvalue weighted by Gasteiger charge is -2.31. The molecular formula is C20H23NO4S. The molecule has 0 saturated carbocycles. The summed E-state index contributed by atoms with van der Waals surface area (Å²) in [7, 11) is -2.10. The first-order chi connectivity index (χ1) is 12.4. The zero-order chi connectivity index (χ0) is 18.7. The van der Waals surface area contributed by atoms with Crippen molar-refractivity contribution in [2.24, 2.45) is 0 Å². The molecule has 2 aromatic rings. The molecule has 6 heteroatoms. The molecule has 0 radical (unpaired) electrons. The number of anilines is 1. The number of fused-ring (bicyclic) bond motifs is 1. The van der Waals surface area contributed by atoms with E-state index in [-0.39, 0.29) is 11.7 Å². The van der Waals surface area contributed by atoms with Crippen molar-refractivity contribution >= 4 is 21.4 Å². The van der Waals surface area contributed by atoms with E-state index < -0.39 is 15.1 Å². The summed E-state index contributed by atoms with van der Waals surface area (Å²) >= 11 is 0. The van der Waals surface area contributed by atoms with Gasteiger partial charge in [0.1, 0.15) is 11.0 Å². The largest absolute Gasteiger partial charge is 0.497 e. The van der Waals surface area contributed by atoms with Crippen LogP contribution in [0.1, 0.15) is 24.5 Å². The Hall–Kier alpha value is -2.34. The number of amides is 1. The molecule has 1 aliphatic rings. The number of benzene rings is 2. The highest BCUT2D eigenvalue weighted by atomic mass is 32.2. The average molecular weight is 373 g/mol. The minimum absolute atomic E-state index is 0.188. The van der Waals surface area contributed by atoms with E-state index in [1.165, 1.54) is 14.0 Å². The van der Waals surface area contributed by atoms with Crippen LogP contribution in [0.3, 0.4) is 0 Å². The summed E-state index contributed by atoms with van der Waals surface area (Å²) in [5, 5.41) is -1.10. The van der Waals surface area contributed by atoms with Gasteiger partial charge in [-0.05, 0) is 49.1 Å². The molecule has 3 rings (SSSR count). The second-order valence-electron chi connectivity index (χ2n) is 6.52. The predicted molar refractivity (Wildman–Crippen MR) is 102 cm³/mol. The number of rotatable bonds is 5. The number of hydrogen-bond donors (Lipinski definition) is 0. The first-order valence-electron chi connectivity index (χ1n) is 8.66. The summed E-state index contributed by atoms with van der Waals surface area (Å²) in [6, 6.07) is 14.6. The molecule has 5 nitrogen and oxygen atoms in total. The normalized spacial score (nSPS) is 15.2. The molecule has 1 aliphatic heterocycles. The van der Waals surface area contributed by atoms with Crippen molar-refractivity contribution in [2.75, 3.05) is 18.6 Å². The number of nitrogens with zero attached hydrogens (tertiary/aromatic N) is 1. The lowest BCUT2D eigenvalue weighted by Crippen LogP contribution is -2.44. The lowest BCUT2D eigenvalue weighted by molar-refractivity contribution is -0.118. The van der Waals surface area contributed by atoms with Gasteiger partial charge in [0.25, 0.3) is 0 Å². The number of methoxy groups -OCH3 is 1. The van der Waals surface area contributed by atoms with Gasteiger partial charge >= 0.3 is 0 Å². The van der Waals surface area contributed by atoms with E-state index in [4.69, 9.17) is 4.74 Å². The fourth-order valence-electron chi connectivity index (χ4n) is 3.26. The Balaban J connectivity index is 1.81. The molecule has 0 N–H and O–H groups in total. The van der Waals surface area contributed by atoms with Gasteiger partial charge < -0.3 is 9.64 Å². The number of hydrogen-bond acceptors (Lipinski definition) is 4. The third-order valence-electron chi connectivity index (χ3n) is 4.76. The quantitative estimate of drug-likeness (QED) is 0.808. The van der Waals surface area contributed by atoms with Crippen LogP contribution in [-0.4, -0.2) is 33.2 Å². The molecule has 0 bridgehead atoms. The molecule has 0 saturated heterocycles. The van der Waals surface area contributed by atoms with E-state index in [2.05, 4.69) is 0 Å². The van der Waals surface area contributed by atoms with Gasteiger partial charge in [-0.2, -0.15) is 0 Å². The van der Waals surface area contributed by atoms with E-state index >= 15 is 0 Å². The number of ether oxygens (including phenoxy) is 1. The van der Waals surface area contributed by atoms with Crippen LogP contribution in [0.25, 0.3) is 0 Å². The average Bonchev–Trinajstić information content (AvgIpc) is 2.66. The fraction of sp³-hybridized carbons (Fsp3) is 0.350. The fourth-order valence-corrected chi connectivity index (χ4v) is 4.58. The maximum Gasteiger partial charge on any atom is 0.245 e. The van der Waals surface area contributed by atoms with Gasteiger partial charge in [0, 0.05) is 12.2 Å². The topological polar surface area (TPSA) is 63.7 Å². The highest BCUT2D eigenvalue weighted by molar-refractivity contribution is 7.92. The molecule has 1 atom stereocenters. The van der Waals surface area contributed by atoms with Crippen molar-refractivity contribution < 1.29 is 17.9 Å². The van der Waals surface area contributed by atoms with Crippen LogP contribution in [-0.2, 0) is 26.8 Å². The zero-order valence-corrected chi connectivity index (χ0v) is 15.8. The summed E-state index contributed by atoms with van der Waals surface area (Å²) in [5.74, 6) is 0.0498. The van der Waals surface area contributed by atoms with Gasteiger partial charge in [-0.1, -0.05) is 30.3 Å². The van der Waals surface area contributed by atoms with Crippen molar-refractivity contribution in [1.29, 1.82) is 0 Å². The van der Waals surface area contributed by atoms with Crippen molar-refractivity contribution in [1.82, 2.24) is 0 Å². The maximum atomic E-state index is 12.9. The van der Waals surface area contributed by atoms with E-state index in [9.17, 15) is 13.2 Å². The van der Waals surface area contributed by atoms with Gasteiger partial charge in [-0.25, -0.2) is 8.42 Å². The number of carbonyl (C=O) groups is 1. The van der Waals surface area contributed by atoms with Crippen molar-refractivity contribution in [2.45, 2.75) is 30.8 Å². The monoisotopic (exact) mass is 373 g/mol. The number of sulfone groups is 1. The van der Waals surface area contributed by atoms with Gasteiger partial charge in [0.2, 0.25) is 5.91 Å². The Kier molecular flexibility index (Phi) is 5.32. The van der Waals surface area contributed by atoms with Crippen LogP contribution in [0.4, 0.5) is 5.69 Å². The molecule has 0 aromatic heterocycles. The molecule has 1 amide bonds. The minimum Gasteiger partial charge on any atom is -0.497 e. The lowest BCUT2D eigenvalue weighted by atomic mass is 10.0. The van der Waals surface area contributed by atoms with E-state index in [0.717, 1.165) is 24.1 Å². The highest BCUT2D eigenvalue weighted by Crippen LogP contribution is 2.28. The van der Waals surface area contributed by atoms with Crippen molar-refractivity contribution in [3.8, 4) is 5.75 Å². The Morgan fingerprint density at radius 3 is 2.73 bits per heavy atom.